The fourth-order valence-corrected chi connectivity index (χ4v) is 3.97. The van der Waals surface area contributed by atoms with Gasteiger partial charge in [-0.2, -0.15) is 18.1 Å². The quantitative estimate of drug-likeness (QED) is 0.850. The molecule has 0 saturated heterocycles. The standard InChI is InChI=1S/C14H16F3O2P/c15-14(16,17)10-13(8-4-1-5-9-13)11-6-2-3-7-12(11)20(18)19/h2-3,6-7H,1,4-5,8-10H2/p+1. The van der Waals surface area contributed by atoms with Crippen molar-refractivity contribution in [3.05, 3.63) is 29.8 Å². The highest BCUT2D eigenvalue weighted by molar-refractivity contribution is 7.47. The summed E-state index contributed by atoms with van der Waals surface area (Å²) in [6.07, 6.45) is -1.96. The lowest BCUT2D eigenvalue weighted by Crippen LogP contribution is -2.37. The molecule has 6 heteroatoms. The molecule has 0 heterocycles. The molecule has 0 aliphatic heterocycles. The minimum Gasteiger partial charge on any atom is -0.171 e. The summed E-state index contributed by atoms with van der Waals surface area (Å²) < 4.78 is 50.3. The maximum absolute atomic E-state index is 13.0. The molecule has 0 bridgehead atoms. The monoisotopic (exact) mass is 305 g/mol. The highest BCUT2D eigenvalue weighted by Gasteiger charge is 2.47. The number of halogens is 3. The number of hydrogen-bond donors (Lipinski definition) is 1. The number of alkyl halides is 3. The van der Waals surface area contributed by atoms with Gasteiger partial charge < -0.3 is 0 Å². The van der Waals surface area contributed by atoms with Gasteiger partial charge in [0.25, 0.3) is 0 Å². The van der Waals surface area contributed by atoms with Crippen molar-refractivity contribution in [2.45, 2.75) is 50.1 Å². The number of rotatable bonds is 3. The first-order valence-electron chi connectivity index (χ1n) is 6.66. The Hall–Kier alpha value is -0.930. The van der Waals surface area contributed by atoms with Gasteiger partial charge in [0, 0.05) is 11.0 Å². The Morgan fingerprint density at radius 3 is 2.30 bits per heavy atom. The van der Waals surface area contributed by atoms with Gasteiger partial charge in [0.1, 0.15) is 0 Å². The van der Waals surface area contributed by atoms with E-state index in [2.05, 4.69) is 0 Å². The van der Waals surface area contributed by atoms with Gasteiger partial charge in [0.2, 0.25) is 5.30 Å². The molecule has 1 aromatic carbocycles. The van der Waals surface area contributed by atoms with E-state index in [9.17, 15) is 22.6 Å². The van der Waals surface area contributed by atoms with Gasteiger partial charge >= 0.3 is 14.2 Å². The summed E-state index contributed by atoms with van der Waals surface area (Å²) in [6, 6.07) is 6.27. The van der Waals surface area contributed by atoms with Crippen molar-refractivity contribution in [2.75, 3.05) is 0 Å². The summed E-state index contributed by atoms with van der Waals surface area (Å²) in [5.41, 5.74) is -0.637. The minimum absolute atomic E-state index is 0.147. The summed E-state index contributed by atoms with van der Waals surface area (Å²) >= 11 is 0. The van der Waals surface area contributed by atoms with Gasteiger partial charge in [-0.05, 0) is 23.5 Å². The van der Waals surface area contributed by atoms with Crippen LogP contribution >= 0.6 is 8.03 Å². The van der Waals surface area contributed by atoms with Crippen molar-refractivity contribution in [3.63, 3.8) is 0 Å². The van der Waals surface area contributed by atoms with E-state index in [1.165, 1.54) is 6.07 Å². The van der Waals surface area contributed by atoms with Crippen LogP contribution < -0.4 is 5.30 Å². The molecule has 110 valence electrons. The first-order chi connectivity index (χ1) is 9.34. The van der Waals surface area contributed by atoms with Crippen molar-refractivity contribution in [3.8, 4) is 0 Å². The summed E-state index contributed by atoms with van der Waals surface area (Å²) in [4.78, 5) is 9.38. The molecule has 1 N–H and O–H groups in total. The lowest BCUT2D eigenvalue weighted by atomic mass is 9.67. The molecule has 1 aliphatic rings. The van der Waals surface area contributed by atoms with Crippen LogP contribution in [0.15, 0.2) is 24.3 Å². The van der Waals surface area contributed by atoms with Crippen LogP contribution in [0, 0.1) is 0 Å². The van der Waals surface area contributed by atoms with E-state index in [0.29, 0.717) is 18.4 Å². The molecule has 0 radical (unpaired) electrons. The lowest BCUT2D eigenvalue weighted by molar-refractivity contribution is -0.151. The maximum atomic E-state index is 13.0. The third-order valence-corrected chi connectivity index (χ3v) is 4.83. The second-order valence-electron chi connectivity index (χ2n) is 5.42. The first kappa shape index (κ1) is 15.5. The van der Waals surface area contributed by atoms with E-state index in [4.69, 9.17) is 0 Å². The second-order valence-corrected chi connectivity index (χ2v) is 6.45. The topological polar surface area (TPSA) is 37.3 Å². The van der Waals surface area contributed by atoms with Crippen LogP contribution in [0.2, 0.25) is 0 Å². The summed E-state index contributed by atoms with van der Waals surface area (Å²) in [5, 5.41) is 0.147. The van der Waals surface area contributed by atoms with Crippen LogP contribution in [0.4, 0.5) is 13.2 Å². The van der Waals surface area contributed by atoms with E-state index in [1.807, 2.05) is 0 Å². The fraction of sp³-hybridized carbons (Fsp3) is 0.571. The summed E-state index contributed by atoms with van der Waals surface area (Å²) in [7, 11) is -2.63. The van der Waals surface area contributed by atoms with Gasteiger partial charge in [-0.15, -0.1) is 0 Å². The molecule has 1 unspecified atom stereocenters. The molecular weight excluding hydrogens is 288 g/mol. The second kappa shape index (κ2) is 5.82. The van der Waals surface area contributed by atoms with Crippen molar-refractivity contribution < 1.29 is 22.6 Å². The van der Waals surface area contributed by atoms with E-state index < -0.39 is 26.0 Å². The smallest absolute Gasteiger partial charge is 0.171 e. The summed E-state index contributed by atoms with van der Waals surface area (Å²) in [5.74, 6) is 0. The van der Waals surface area contributed by atoms with Crippen molar-refractivity contribution in [1.82, 2.24) is 0 Å². The Morgan fingerprint density at radius 1 is 1.15 bits per heavy atom. The maximum Gasteiger partial charge on any atom is 0.546 e. The van der Waals surface area contributed by atoms with Gasteiger partial charge in [0.15, 0.2) is 0 Å². The molecule has 1 aliphatic carbocycles. The molecule has 1 fully saturated rings. The average molecular weight is 305 g/mol. The normalized spacial score (nSPS) is 19.7. The van der Waals surface area contributed by atoms with E-state index in [0.717, 1.165) is 19.3 Å². The van der Waals surface area contributed by atoms with Gasteiger partial charge in [-0.1, -0.05) is 37.5 Å². The van der Waals surface area contributed by atoms with Crippen molar-refractivity contribution >= 4 is 13.3 Å². The molecule has 1 atom stereocenters. The Morgan fingerprint density at radius 2 is 1.75 bits per heavy atom. The van der Waals surface area contributed by atoms with Crippen molar-refractivity contribution in [1.29, 1.82) is 0 Å². The predicted molar refractivity (Wildman–Crippen MR) is 71.3 cm³/mol. The Balaban J connectivity index is 2.49. The Bertz CT molecular complexity index is 493. The first-order valence-corrected chi connectivity index (χ1v) is 7.88. The van der Waals surface area contributed by atoms with Crippen LogP contribution in [-0.2, 0) is 9.98 Å². The highest BCUT2D eigenvalue weighted by Crippen LogP contribution is 2.47. The molecule has 1 saturated carbocycles. The molecule has 1 aromatic rings. The van der Waals surface area contributed by atoms with Gasteiger partial charge in [0.05, 0.1) is 6.42 Å². The van der Waals surface area contributed by atoms with E-state index in [-0.39, 0.29) is 5.30 Å². The van der Waals surface area contributed by atoms with Crippen LogP contribution in [0.3, 0.4) is 0 Å². The highest BCUT2D eigenvalue weighted by atomic mass is 31.1. The van der Waals surface area contributed by atoms with Crippen molar-refractivity contribution in [2.24, 2.45) is 0 Å². The van der Waals surface area contributed by atoms with Crippen LogP contribution in [0.1, 0.15) is 44.1 Å². The third-order valence-electron chi connectivity index (χ3n) is 4.03. The molecule has 0 amide bonds. The van der Waals surface area contributed by atoms with Crippen LogP contribution in [0.25, 0.3) is 0 Å². The zero-order valence-electron chi connectivity index (χ0n) is 11.0. The Labute approximate surface area is 116 Å². The zero-order valence-corrected chi connectivity index (χ0v) is 11.9. The largest absolute Gasteiger partial charge is 0.546 e. The molecule has 0 aromatic heterocycles. The molecule has 20 heavy (non-hydrogen) atoms. The van der Waals surface area contributed by atoms with Gasteiger partial charge in [-0.3, -0.25) is 0 Å². The molecular formula is C14H17F3O2P+. The lowest BCUT2D eigenvalue weighted by Gasteiger charge is -2.38. The average Bonchev–Trinajstić information content (AvgIpc) is 2.38. The minimum atomic E-state index is -4.27. The van der Waals surface area contributed by atoms with Crippen LogP contribution in [0.5, 0.6) is 0 Å². The molecule has 0 spiro atoms. The number of benzene rings is 1. The summed E-state index contributed by atoms with van der Waals surface area (Å²) in [6.45, 7) is 0. The molecule has 2 rings (SSSR count). The zero-order chi connectivity index (χ0) is 14.8. The van der Waals surface area contributed by atoms with E-state index >= 15 is 0 Å². The fourth-order valence-electron chi connectivity index (χ4n) is 3.24. The number of hydrogen-bond acceptors (Lipinski definition) is 1. The predicted octanol–water partition coefficient (Wildman–Crippen LogP) is 4.20. The van der Waals surface area contributed by atoms with Gasteiger partial charge in [-0.25, -0.2) is 0 Å². The SMILES string of the molecule is O=[P+](O)c1ccccc1C1(CC(F)(F)F)CCCCC1. The Kier molecular flexibility index (Phi) is 4.50. The van der Waals surface area contributed by atoms with E-state index in [1.54, 1.807) is 18.2 Å². The third kappa shape index (κ3) is 3.39. The molecule has 2 nitrogen and oxygen atoms in total. The van der Waals surface area contributed by atoms with Crippen LogP contribution in [-0.4, -0.2) is 11.1 Å².